The van der Waals surface area contributed by atoms with Crippen LogP contribution in [0, 0.1) is 0 Å². The molecule has 6 nitrogen and oxygen atoms in total. The Balaban J connectivity index is 2.47. The lowest BCUT2D eigenvalue weighted by Crippen LogP contribution is -2.50. The fourth-order valence-corrected chi connectivity index (χ4v) is 1.44. The molecule has 1 heterocycles. The number of carbonyl (C=O) groups excluding carboxylic acids is 3. The number of carbonyl (C=O) groups is 3. The summed E-state index contributed by atoms with van der Waals surface area (Å²) in [5.41, 5.74) is -0.319. The lowest BCUT2D eigenvalue weighted by atomic mass is 9.98. The third-order valence-corrected chi connectivity index (χ3v) is 2.40. The summed E-state index contributed by atoms with van der Waals surface area (Å²) in [5.74, 6) is -1.37. The first-order valence-corrected chi connectivity index (χ1v) is 5.52. The number of ether oxygens (including phenoxy) is 1. The van der Waals surface area contributed by atoms with Gasteiger partial charge in [-0.1, -0.05) is 10.7 Å². The molecule has 1 atom stereocenters. The van der Waals surface area contributed by atoms with E-state index in [-0.39, 0.29) is 30.7 Å². The first-order valence-electron chi connectivity index (χ1n) is 5.52. The Morgan fingerprint density at radius 2 is 2.22 bits per heavy atom. The van der Waals surface area contributed by atoms with Crippen molar-refractivity contribution in [1.29, 1.82) is 0 Å². The van der Waals surface area contributed by atoms with Crippen LogP contribution in [0.15, 0.2) is 12.7 Å². The SMILES string of the molecule is C=CCCOC(=O)C(=[N+]=C)C(=O)CC1CC(=O)N1. The smallest absolute Gasteiger partial charge is 0.452 e. The Morgan fingerprint density at radius 3 is 2.72 bits per heavy atom. The van der Waals surface area contributed by atoms with Crippen LogP contribution in [0.5, 0.6) is 0 Å². The Hall–Kier alpha value is -2.20. The molecule has 1 rings (SSSR count). The molecule has 1 unspecified atom stereocenters. The molecule has 0 aromatic carbocycles. The van der Waals surface area contributed by atoms with Gasteiger partial charge in [0.15, 0.2) is 0 Å². The first kappa shape index (κ1) is 13.9. The van der Waals surface area contributed by atoms with Gasteiger partial charge in [0.25, 0.3) is 12.5 Å². The van der Waals surface area contributed by atoms with Crippen molar-refractivity contribution >= 4 is 30.1 Å². The number of hydrogen-bond donors (Lipinski definition) is 1. The monoisotopic (exact) mass is 251 g/mol. The summed E-state index contributed by atoms with van der Waals surface area (Å²) in [6, 6.07) is -0.220. The van der Waals surface area contributed by atoms with Crippen molar-refractivity contribution in [2.45, 2.75) is 25.3 Å². The van der Waals surface area contributed by atoms with Gasteiger partial charge in [0.2, 0.25) is 5.91 Å². The fourth-order valence-electron chi connectivity index (χ4n) is 1.44. The van der Waals surface area contributed by atoms with Crippen LogP contribution in [0.1, 0.15) is 19.3 Å². The first-order chi connectivity index (χ1) is 8.58. The van der Waals surface area contributed by atoms with Crippen molar-refractivity contribution in [3.8, 4) is 0 Å². The van der Waals surface area contributed by atoms with Crippen molar-refractivity contribution in [2.75, 3.05) is 6.61 Å². The highest BCUT2D eigenvalue weighted by Crippen LogP contribution is 2.09. The summed E-state index contributed by atoms with van der Waals surface area (Å²) >= 11 is 0. The van der Waals surface area contributed by atoms with Gasteiger partial charge in [-0.05, 0) is 6.42 Å². The highest BCUT2D eigenvalue weighted by Gasteiger charge is 2.36. The largest absolute Gasteiger partial charge is 0.456 e. The van der Waals surface area contributed by atoms with Crippen molar-refractivity contribution < 1.29 is 19.1 Å². The van der Waals surface area contributed by atoms with E-state index >= 15 is 0 Å². The summed E-state index contributed by atoms with van der Waals surface area (Å²) in [5, 5.41) is 2.54. The number of nitrogens with one attached hydrogen (secondary N) is 1. The summed E-state index contributed by atoms with van der Waals surface area (Å²) < 4.78 is 8.22. The molecule has 0 aromatic rings. The number of Topliss-reactive ketones (excluding diaryl/α,β-unsaturated/α-hetero) is 1. The molecule has 1 saturated heterocycles. The maximum Gasteiger partial charge on any atom is 0.452 e. The molecule has 6 heteroatoms. The van der Waals surface area contributed by atoms with Gasteiger partial charge >= 0.3 is 11.7 Å². The third-order valence-electron chi connectivity index (χ3n) is 2.40. The van der Waals surface area contributed by atoms with E-state index in [1.807, 2.05) is 0 Å². The number of nitrogens with zero attached hydrogens (tertiary/aromatic N) is 1. The molecule has 0 aliphatic carbocycles. The molecule has 1 aliphatic heterocycles. The normalized spacial score (nSPS) is 16.9. The molecule has 0 radical (unpaired) electrons. The second-order valence-corrected chi connectivity index (χ2v) is 3.82. The molecule has 0 saturated carbocycles. The standard InChI is InChI=1S/C12H14N2O4/c1-3-4-5-18-12(17)11(13-2)9(15)6-8-7-10(16)14-8/h3,8H,1-2,4-7H2/p+1. The van der Waals surface area contributed by atoms with Gasteiger partial charge in [-0.25, -0.2) is 4.79 Å². The van der Waals surface area contributed by atoms with Crippen molar-refractivity contribution in [1.82, 2.24) is 9.98 Å². The number of amides is 1. The van der Waals surface area contributed by atoms with E-state index < -0.39 is 11.8 Å². The predicted octanol–water partition coefficient (Wildman–Crippen LogP) is -0.838. The quantitative estimate of drug-likeness (QED) is 0.122. The average molecular weight is 251 g/mol. The summed E-state index contributed by atoms with van der Waals surface area (Å²) in [6.45, 7) is 6.81. The van der Waals surface area contributed by atoms with Crippen LogP contribution in [-0.2, 0) is 19.1 Å². The van der Waals surface area contributed by atoms with Gasteiger partial charge in [-0.2, -0.15) is 0 Å². The van der Waals surface area contributed by atoms with E-state index in [4.69, 9.17) is 4.74 Å². The molecule has 0 aromatic heterocycles. The van der Waals surface area contributed by atoms with Gasteiger partial charge in [-0.15, -0.1) is 6.58 Å². The highest BCUT2D eigenvalue weighted by atomic mass is 16.5. The molecule has 18 heavy (non-hydrogen) atoms. The number of rotatable bonds is 7. The van der Waals surface area contributed by atoms with Crippen LogP contribution >= 0.6 is 0 Å². The molecule has 96 valence electrons. The lowest BCUT2D eigenvalue weighted by molar-refractivity contribution is -0.136. The van der Waals surface area contributed by atoms with Gasteiger partial charge in [0, 0.05) is 18.9 Å². The lowest BCUT2D eigenvalue weighted by Gasteiger charge is -2.25. The van der Waals surface area contributed by atoms with Gasteiger partial charge in [0.05, 0.1) is 6.61 Å². The van der Waals surface area contributed by atoms with E-state index in [2.05, 4.69) is 23.3 Å². The molecule has 0 spiro atoms. The molecular weight excluding hydrogens is 236 g/mol. The summed E-state index contributed by atoms with van der Waals surface area (Å²) in [7, 11) is 0. The minimum atomic E-state index is -0.789. The average Bonchev–Trinajstić information content (AvgIpc) is 2.28. The van der Waals surface area contributed by atoms with E-state index in [1.54, 1.807) is 6.08 Å². The van der Waals surface area contributed by atoms with Crippen LogP contribution < -0.4 is 9.98 Å². The Labute approximate surface area is 104 Å². The number of β-lactam (4-membered cyclic amide) rings is 1. The summed E-state index contributed by atoms with van der Waals surface area (Å²) in [4.78, 5) is 33.9. The van der Waals surface area contributed by atoms with E-state index in [1.165, 1.54) is 0 Å². The van der Waals surface area contributed by atoms with Crippen molar-refractivity contribution in [2.24, 2.45) is 0 Å². The van der Waals surface area contributed by atoms with E-state index in [9.17, 15) is 14.4 Å². The zero-order valence-electron chi connectivity index (χ0n) is 9.98. The molecule has 0 bridgehead atoms. The fraction of sp³-hybridized carbons (Fsp3) is 0.417. The van der Waals surface area contributed by atoms with Crippen LogP contribution in [0.25, 0.3) is 0 Å². The topological polar surface area (TPSA) is 86.6 Å². The van der Waals surface area contributed by atoms with E-state index in [0.717, 1.165) is 0 Å². The van der Waals surface area contributed by atoms with Crippen molar-refractivity contribution in [3.63, 3.8) is 0 Å². The summed E-state index contributed by atoms with van der Waals surface area (Å²) in [6.07, 6.45) is 2.43. The van der Waals surface area contributed by atoms with Gasteiger partial charge < -0.3 is 10.1 Å². The molecule has 1 aliphatic rings. The molecule has 1 fully saturated rings. The van der Waals surface area contributed by atoms with Gasteiger partial charge in [0.1, 0.15) is 0 Å². The second-order valence-electron chi connectivity index (χ2n) is 3.82. The van der Waals surface area contributed by atoms with Crippen LogP contribution in [-0.4, -0.2) is 42.7 Å². The molecule has 1 amide bonds. The van der Waals surface area contributed by atoms with Crippen LogP contribution in [0.4, 0.5) is 0 Å². The number of ketones is 1. The predicted molar refractivity (Wildman–Crippen MR) is 66.2 cm³/mol. The second kappa shape index (κ2) is 6.51. The number of hydrogen-bond acceptors (Lipinski definition) is 4. The molecule has 1 N–H and O–H groups in total. The van der Waals surface area contributed by atoms with E-state index in [0.29, 0.717) is 12.8 Å². The highest BCUT2D eigenvalue weighted by molar-refractivity contribution is 6.64. The third kappa shape index (κ3) is 3.68. The van der Waals surface area contributed by atoms with Crippen LogP contribution in [0.3, 0.4) is 0 Å². The van der Waals surface area contributed by atoms with Crippen molar-refractivity contribution in [3.05, 3.63) is 12.7 Å². The Bertz CT molecular complexity index is 427. The minimum Gasteiger partial charge on any atom is -0.456 e. The maximum atomic E-state index is 11.7. The van der Waals surface area contributed by atoms with Crippen LogP contribution in [0.2, 0.25) is 0 Å². The maximum absolute atomic E-state index is 11.7. The Morgan fingerprint density at radius 1 is 1.56 bits per heavy atom. The molecular formula is C12H15N2O4+. The number of esters is 1. The zero-order chi connectivity index (χ0) is 13.5. The van der Waals surface area contributed by atoms with Gasteiger partial charge in [-0.3, -0.25) is 9.59 Å². The zero-order valence-corrected chi connectivity index (χ0v) is 9.98. The minimum absolute atomic E-state index is 0.0383. The Kier molecular flexibility index (Phi) is 5.02.